The summed E-state index contributed by atoms with van der Waals surface area (Å²) < 4.78 is 0. The third kappa shape index (κ3) is 4.33. The van der Waals surface area contributed by atoms with Crippen molar-refractivity contribution in [2.24, 2.45) is 0 Å². The number of aliphatic hydroxyl groups excluding tert-OH is 1. The van der Waals surface area contributed by atoms with Crippen molar-refractivity contribution in [1.82, 2.24) is 5.32 Å². The minimum atomic E-state index is -0.531. The van der Waals surface area contributed by atoms with Crippen LogP contribution in [0.5, 0.6) is 0 Å². The van der Waals surface area contributed by atoms with Gasteiger partial charge in [0.15, 0.2) is 0 Å². The Hall–Kier alpha value is -1.95. The number of rotatable bonds is 6. The molecule has 0 fully saturated rings. The molecular formula is C13H18N2O4. The first-order valence-corrected chi connectivity index (χ1v) is 6.17. The maximum absolute atomic E-state index is 11.9. The number of hydrogen-bond acceptors (Lipinski definition) is 4. The van der Waals surface area contributed by atoms with E-state index >= 15 is 0 Å². The summed E-state index contributed by atoms with van der Waals surface area (Å²) in [4.78, 5) is 22.0. The van der Waals surface area contributed by atoms with Crippen LogP contribution in [-0.2, 0) is 0 Å². The Bertz CT molecular complexity index is 474. The van der Waals surface area contributed by atoms with E-state index in [-0.39, 0.29) is 11.6 Å². The molecule has 2 N–H and O–H groups in total. The van der Waals surface area contributed by atoms with Gasteiger partial charge in [0.1, 0.15) is 0 Å². The first-order chi connectivity index (χ1) is 8.95. The second kappa shape index (κ2) is 6.84. The number of nitro benzene ring substituents is 1. The van der Waals surface area contributed by atoms with Crippen LogP contribution < -0.4 is 5.32 Å². The molecule has 19 heavy (non-hydrogen) atoms. The Balaban J connectivity index is 2.71. The van der Waals surface area contributed by atoms with Gasteiger partial charge in [0.05, 0.1) is 11.0 Å². The maximum Gasteiger partial charge on any atom is 0.270 e. The zero-order chi connectivity index (χ0) is 14.4. The van der Waals surface area contributed by atoms with E-state index in [2.05, 4.69) is 5.32 Å². The molecule has 6 heteroatoms. The molecule has 6 nitrogen and oxygen atoms in total. The van der Waals surface area contributed by atoms with Gasteiger partial charge in [0.2, 0.25) is 0 Å². The van der Waals surface area contributed by atoms with Gasteiger partial charge in [0.25, 0.3) is 11.6 Å². The smallest absolute Gasteiger partial charge is 0.270 e. The van der Waals surface area contributed by atoms with Gasteiger partial charge in [-0.25, -0.2) is 0 Å². The summed E-state index contributed by atoms with van der Waals surface area (Å²) in [6, 6.07) is 4.18. The summed E-state index contributed by atoms with van der Waals surface area (Å²) in [6.07, 6.45) is 0.661. The van der Waals surface area contributed by atoms with E-state index < -0.39 is 11.0 Å². The SMILES string of the molecule is CCC(O)CCNC(=O)c1cc([N+](=O)[O-])ccc1C. The van der Waals surface area contributed by atoms with Gasteiger partial charge < -0.3 is 10.4 Å². The number of benzene rings is 1. The summed E-state index contributed by atoms with van der Waals surface area (Å²) in [7, 11) is 0. The van der Waals surface area contributed by atoms with Crippen LogP contribution in [0.15, 0.2) is 18.2 Å². The van der Waals surface area contributed by atoms with E-state index in [1.807, 2.05) is 6.92 Å². The first kappa shape index (κ1) is 15.1. The standard InChI is InChI=1S/C13H18N2O4/c1-3-11(16)6-7-14-13(17)12-8-10(15(18)19)5-4-9(12)2/h4-5,8,11,16H,3,6-7H2,1-2H3,(H,14,17). The maximum atomic E-state index is 11.9. The van der Waals surface area contributed by atoms with Crippen LogP contribution in [0.4, 0.5) is 5.69 Å². The molecule has 1 aromatic carbocycles. The van der Waals surface area contributed by atoms with Crippen molar-refractivity contribution in [3.63, 3.8) is 0 Å². The van der Waals surface area contributed by atoms with Gasteiger partial charge in [-0.15, -0.1) is 0 Å². The second-order valence-corrected chi connectivity index (χ2v) is 4.36. The van der Waals surface area contributed by atoms with E-state index in [0.717, 1.165) is 0 Å². The lowest BCUT2D eigenvalue weighted by molar-refractivity contribution is -0.384. The minimum Gasteiger partial charge on any atom is -0.393 e. The largest absolute Gasteiger partial charge is 0.393 e. The lowest BCUT2D eigenvalue weighted by Crippen LogP contribution is -2.27. The van der Waals surface area contributed by atoms with E-state index in [1.165, 1.54) is 12.1 Å². The molecule has 1 amide bonds. The molecule has 0 bridgehead atoms. The fraction of sp³-hybridized carbons (Fsp3) is 0.462. The fourth-order valence-electron chi connectivity index (χ4n) is 1.62. The van der Waals surface area contributed by atoms with Crippen molar-refractivity contribution in [3.8, 4) is 0 Å². The highest BCUT2D eigenvalue weighted by Crippen LogP contribution is 2.17. The number of nitro groups is 1. The number of nitrogens with one attached hydrogen (secondary N) is 1. The number of hydrogen-bond donors (Lipinski definition) is 2. The number of aryl methyl sites for hydroxylation is 1. The van der Waals surface area contributed by atoms with Crippen LogP contribution in [0, 0.1) is 17.0 Å². The summed E-state index contributed by atoms with van der Waals surface area (Å²) >= 11 is 0. The third-order valence-corrected chi connectivity index (χ3v) is 2.91. The lowest BCUT2D eigenvalue weighted by atomic mass is 10.1. The van der Waals surface area contributed by atoms with Gasteiger partial charge in [-0.05, 0) is 25.3 Å². The summed E-state index contributed by atoms with van der Waals surface area (Å²) in [5.74, 6) is -0.357. The summed E-state index contributed by atoms with van der Waals surface area (Å²) in [6.45, 7) is 3.92. The van der Waals surface area contributed by atoms with Gasteiger partial charge in [0, 0.05) is 24.2 Å². The van der Waals surface area contributed by atoms with Gasteiger partial charge in [-0.2, -0.15) is 0 Å². The number of aliphatic hydroxyl groups is 1. The molecule has 0 aliphatic carbocycles. The fourth-order valence-corrected chi connectivity index (χ4v) is 1.62. The quantitative estimate of drug-likeness (QED) is 0.606. The van der Waals surface area contributed by atoms with Crippen LogP contribution in [0.25, 0.3) is 0 Å². The average Bonchev–Trinajstić information content (AvgIpc) is 2.38. The molecule has 1 unspecified atom stereocenters. The number of nitrogens with zero attached hydrogens (tertiary/aromatic N) is 1. The predicted octanol–water partition coefficient (Wildman–Crippen LogP) is 1.79. The van der Waals surface area contributed by atoms with Crippen LogP contribution in [0.2, 0.25) is 0 Å². The van der Waals surface area contributed by atoms with Gasteiger partial charge in [-0.1, -0.05) is 13.0 Å². The van der Waals surface area contributed by atoms with E-state index in [0.29, 0.717) is 30.5 Å². The molecule has 0 saturated heterocycles. The molecule has 0 saturated carbocycles. The number of carbonyl (C=O) groups is 1. The topological polar surface area (TPSA) is 92.5 Å². The van der Waals surface area contributed by atoms with Gasteiger partial charge in [-0.3, -0.25) is 14.9 Å². The van der Waals surface area contributed by atoms with Crippen LogP contribution in [-0.4, -0.2) is 28.6 Å². The third-order valence-electron chi connectivity index (χ3n) is 2.91. The Morgan fingerprint density at radius 3 is 2.79 bits per heavy atom. The van der Waals surface area contributed by atoms with Gasteiger partial charge >= 0.3 is 0 Å². The van der Waals surface area contributed by atoms with Crippen LogP contribution in [0.1, 0.15) is 35.7 Å². The Morgan fingerprint density at radius 2 is 2.21 bits per heavy atom. The Labute approximate surface area is 111 Å². The average molecular weight is 266 g/mol. The van der Waals surface area contributed by atoms with E-state index in [1.54, 1.807) is 13.0 Å². The molecule has 0 spiro atoms. The highest BCUT2D eigenvalue weighted by atomic mass is 16.6. The number of non-ortho nitro benzene ring substituents is 1. The van der Waals surface area contributed by atoms with Crippen molar-refractivity contribution < 1.29 is 14.8 Å². The molecule has 0 aromatic heterocycles. The van der Waals surface area contributed by atoms with Crippen molar-refractivity contribution in [3.05, 3.63) is 39.4 Å². The first-order valence-electron chi connectivity index (χ1n) is 6.17. The molecule has 104 valence electrons. The molecule has 0 radical (unpaired) electrons. The highest BCUT2D eigenvalue weighted by molar-refractivity contribution is 5.96. The van der Waals surface area contributed by atoms with Crippen LogP contribution >= 0.6 is 0 Å². The molecule has 0 aliphatic heterocycles. The highest BCUT2D eigenvalue weighted by Gasteiger charge is 2.14. The van der Waals surface area contributed by atoms with Crippen molar-refractivity contribution in [2.75, 3.05) is 6.54 Å². The molecule has 1 rings (SSSR count). The van der Waals surface area contributed by atoms with Crippen molar-refractivity contribution in [1.29, 1.82) is 0 Å². The zero-order valence-corrected chi connectivity index (χ0v) is 11.0. The summed E-state index contributed by atoms with van der Waals surface area (Å²) in [5, 5.41) is 22.7. The van der Waals surface area contributed by atoms with Crippen molar-refractivity contribution in [2.45, 2.75) is 32.8 Å². The molecular weight excluding hydrogens is 248 g/mol. The molecule has 1 atom stereocenters. The number of amides is 1. The minimum absolute atomic E-state index is 0.107. The Morgan fingerprint density at radius 1 is 1.53 bits per heavy atom. The molecule has 0 aliphatic rings. The second-order valence-electron chi connectivity index (χ2n) is 4.36. The lowest BCUT2D eigenvalue weighted by Gasteiger charge is -2.10. The van der Waals surface area contributed by atoms with Crippen molar-refractivity contribution >= 4 is 11.6 Å². The van der Waals surface area contributed by atoms with Crippen LogP contribution in [0.3, 0.4) is 0 Å². The predicted molar refractivity (Wildman–Crippen MR) is 71.1 cm³/mol. The van der Waals surface area contributed by atoms with E-state index in [9.17, 15) is 20.0 Å². The normalized spacial score (nSPS) is 11.9. The molecule has 0 heterocycles. The monoisotopic (exact) mass is 266 g/mol. The molecule has 1 aromatic rings. The zero-order valence-electron chi connectivity index (χ0n) is 11.0. The van der Waals surface area contributed by atoms with E-state index in [4.69, 9.17) is 0 Å². The number of carbonyl (C=O) groups excluding carboxylic acids is 1. The Kier molecular flexibility index (Phi) is 5.44. The summed E-state index contributed by atoms with van der Waals surface area (Å²) in [5.41, 5.74) is 0.865.